The van der Waals surface area contributed by atoms with Crippen LogP contribution >= 0.6 is 0 Å². The molecule has 0 aromatic heterocycles. The maximum Gasteiger partial charge on any atom is 0.137 e. The first-order chi connectivity index (χ1) is 7.84. The minimum atomic E-state index is -0.693. The number of nitrogens with one attached hydrogen (secondary N) is 1. The summed E-state index contributed by atoms with van der Waals surface area (Å²) in [6.45, 7) is 7.76. The molecule has 0 atom stereocenters. The van der Waals surface area contributed by atoms with Gasteiger partial charge in [0.2, 0.25) is 0 Å². The highest BCUT2D eigenvalue weighted by atomic mass is 19.1. The van der Waals surface area contributed by atoms with Gasteiger partial charge in [-0.25, -0.2) is 8.78 Å². The molecule has 0 spiro atoms. The van der Waals surface area contributed by atoms with Crippen molar-refractivity contribution in [2.24, 2.45) is 0 Å². The smallest absolute Gasteiger partial charge is 0.137 e. The average Bonchev–Trinajstić information content (AvgIpc) is 2.15. The quantitative estimate of drug-likeness (QED) is 0.636. The summed E-state index contributed by atoms with van der Waals surface area (Å²) in [5.41, 5.74) is 0.133. The van der Waals surface area contributed by atoms with E-state index in [1.807, 2.05) is 27.7 Å². The monoisotopic (exact) mass is 240 g/mol. The van der Waals surface area contributed by atoms with E-state index in [0.717, 1.165) is 6.07 Å². The number of hydrogen-bond donors (Lipinski definition) is 1. The Morgan fingerprint density at radius 3 is 2.06 bits per heavy atom. The van der Waals surface area contributed by atoms with Gasteiger partial charge < -0.3 is 4.90 Å². The van der Waals surface area contributed by atoms with E-state index in [1.54, 1.807) is 4.90 Å². The molecule has 1 N–H and O–H groups in total. The van der Waals surface area contributed by atoms with Crippen LogP contribution in [0.1, 0.15) is 33.3 Å². The highest BCUT2D eigenvalue weighted by molar-refractivity contribution is 5.96. The summed E-state index contributed by atoms with van der Waals surface area (Å²) in [4.78, 5) is 1.79. The summed E-state index contributed by atoms with van der Waals surface area (Å²) in [5.74, 6) is -1.23. The fourth-order valence-corrected chi connectivity index (χ4v) is 1.93. The van der Waals surface area contributed by atoms with Crippen molar-refractivity contribution in [3.05, 3.63) is 35.4 Å². The summed E-state index contributed by atoms with van der Waals surface area (Å²) < 4.78 is 26.4. The summed E-state index contributed by atoms with van der Waals surface area (Å²) in [6, 6.07) is 3.47. The zero-order valence-corrected chi connectivity index (χ0v) is 10.6. The zero-order chi connectivity index (χ0) is 13.2. The van der Waals surface area contributed by atoms with E-state index >= 15 is 0 Å². The molecule has 1 aromatic rings. The number of hydrogen-bond acceptors (Lipinski definition) is 1. The zero-order valence-electron chi connectivity index (χ0n) is 10.6. The van der Waals surface area contributed by atoms with Gasteiger partial charge in [-0.1, -0.05) is 0 Å². The average molecular weight is 240 g/mol. The molecule has 0 aliphatic heterocycles. The molecule has 17 heavy (non-hydrogen) atoms. The molecule has 1 aromatic carbocycles. The van der Waals surface area contributed by atoms with Gasteiger partial charge in [-0.3, -0.25) is 5.41 Å². The van der Waals surface area contributed by atoms with Crippen molar-refractivity contribution in [1.82, 2.24) is 4.90 Å². The molecule has 0 unspecified atom stereocenters. The minimum Gasteiger partial charge on any atom is -0.352 e. The van der Waals surface area contributed by atoms with E-state index in [0.29, 0.717) is 0 Å². The lowest BCUT2D eigenvalue weighted by atomic mass is 10.1. The van der Waals surface area contributed by atoms with E-state index in [4.69, 9.17) is 5.41 Å². The maximum absolute atomic E-state index is 13.6. The third kappa shape index (κ3) is 3.02. The van der Waals surface area contributed by atoms with Crippen molar-refractivity contribution in [2.45, 2.75) is 39.8 Å². The molecule has 0 radical (unpaired) electrons. The number of rotatable bonds is 3. The number of halogens is 2. The molecule has 2 nitrogen and oxygen atoms in total. The third-order valence-corrected chi connectivity index (χ3v) is 2.56. The number of benzene rings is 1. The van der Waals surface area contributed by atoms with Gasteiger partial charge in [-0.15, -0.1) is 0 Å². The predicted molar refractivity (Wildman–Crippen MR) is 65.3 cm³/mol. The van der Waals surface area contributed by atoms with E-state index in [2.05, 4.69) is 0 Å². The number of amidine groups is 1. The molecule has 0 heterocycles. The Labute approximate surface area is 101 Å². The lowest BCUT2D eigenvalue weighted by Crippen LogP contribution is -2.42. The fourth-order valence-electron chi connectivity index (χ4n) is 1.93. The largest absolute Gasteiger partial charge is 0.352 e. The van der Waals surface area contributed by atoms with Crippen LogP contribution in [0.3, 0.4) is 0 Å². The standard InChI is InChI=1S/C13H18F2N2/c1-8(2)17(9(3)4)13(16)11-6-5-10(14)7-12(11)15/h5-9,16H,1-4H3. The van der Waals surface area contributed by atoms with Crippen LogP contribution < -0.4 is 0 Å². The molecule has 0 fully saturated rings. The lowest BCUT2D eigenvalue weighted by Gasteiger charge is -2.33. The van der Waals surface area contributed by atoms with Crippen molar-refractivity contribution in [3.8, 4) is 0 Å². The fraction of sp³-hybridized carbons (Fsp3) is 0.462. The summed E-state index contributed by atoms with van der Waals surface area (Å²) in [7, 11) is 0. The molecule has 1 rings (SSSR count). The summed E-state index contributed by atoms with van der Waals surface area (Å²) in [6.07, 6.45) is 0. The molecule has 0 aliphatic rings. The van der Waals surface area contributed by atoms with Crippen LogP contribution in [0.4, 0.5) is 8.78 Å². The van der Waals surface area contributed by atoms with Gasteiger partial charge in [-0.05, 0) is 39.8 Å². The molecular weight excluding hydrogens is 222 g/mol. The van der Waals surface area contributed by atoms with Crippen molar-refractivity contribution in [3.63, 3.8) is 0 Å². The Hall–Kier alpha value is -1.45. The molecule has 0 aliphatic carbocycles. The highest BCUT2D eigenvalue weighted by Crippen LogP contribution is 2.16. The Balaban J connectivity index is 3.10. The van der Waals surface area contributed by atoms with E-state index in [1.165, 1.54) is 12.1 Å². The van der Waals surface area contributed by atoms with Gasteiger partial charge in [0, 0.05) is 18.2 Å². The van der Waals surface area contributed by atoms with Crippen LogP contribution in [0, 0.1) is 17.0 Å². The number of nitrogens with zero attached hydrogens (tertiary/aromatic N) is 1. The summed E-state index contributed by atoms with van der Waals surface area (Å²) in [5, 5.41) is 8.02. The Bertz CT molecular complexity index is 406. The Kier molecular flexibility index (Phi) is 4.21. The van der Waals surface area contributed by atoms with Gasteiger partial charge in [-0.2, -0.15) is 0 Å². The van der Waals surface area contributed by atoms with Gasteiger partial charge in [0.05, 0.1) is 5.56 Å². The van der Waals surface area contributed by atoms with E-state index in [9.17, 15) is 8.78 Å². The van der Waals surface area contributed by atoms with Gasteiger partial charge in [0.25, 0.3) is 0 Å². The van der Waals surface area contributed by atoms with Crippen molar-refractivity contribution in [2.75, 3.05) is 0 Å². The van der Waals surface area contributed by atoms with Crippen LogP contribution in [0.5, 0.6) is 0 Å². The maximum atomic E-state index is 13.6. The normalized spacial score (nSPS) is 11.1. The van der Waals surface area contributed by atoms with Gasteiger partial charge in [0.1, 0.15) is 17.5 Å². The van der Waals surface area contributed by atoms with E-state index < -0.39 is 11.6 Å². The third-order valence-electron chi connectivity index (χ3n) is 2.56. The van der Waals surface area contributed by atoms with Gasteiger partial charge >= 0.3 is 0 Å². The van der Waals surface area contributed by atoms with E-state index in [-0.39, 0.29) is 23.5 Å². The first-order valence-corrected chi connectivity index (χ1v) is 5.67. The molecule has 0 bridgehead atoms. The molecule has 4 heteroatoms. The van der Waals surface area contributed by atoms with Crippen LogP contribution in [0.15, 0.2) is 18.2 Å². The summed E-state index contributed by atoms with van der Waals surface area (Å²) >= 11 is 0. The van der Waals surface area contributed by atoms with Crippen LogP contribution in [-0.2, 0) is 0 Å². The first kappa shape index (κ1) is 13.6. The van der Waals surface area contributed by atoms with Crippen molar-refractivity contribution in [1.29, 1.82) is 5.41 Å². The van der Waals surface area contributed by atoms with Crippen molar-refractivity contribution >= 4 is 5.84 Å². The first-order valence-electron chi connectivity index (χ1n) is 5.67. The van der Waals surface area contributed by atoms with Crippen LogP contribution in [0.2, 0.25) is 0 Å². The lowest BCUT2D eigenvalue weighted by molar-refractivity contribution is 0.290. The molecule has 0 saturated carbocycles. The highest BCUT2D eigenvalue weighted by Gasteiger charge is 2.20. The topological polar surface area (TPSA) is 27.1 Å². The Morgan fingerprint density at radius 1 is 1.12 bits per heavy atom. The molecule has 0 saturated heterocycles. The molecule has 94 valence electrons. The molecule has 0 amide bonds. The predicted octanol–water partition coefficient (Wildman–Crippen LogP) is 3.41. The van der Waals surface area contributed by atoms with Gasteiger partial charge in [0.15, 0.2) is 0 Å². The Morgan fingerprint density at radius 2 is 1.65 bits per heavy atom. The second-order valence-corrected chi connectivity index (χ2v) is 4.57. The van der Waals surface area contributed by atoms with Crippen LogP contribution in [0.25, 0.3) is 0 Å². The second kappa shape index (κ2) is 5.25. The van der Waals surface area contributed by atoms with Crippen molar-refractivity contribution < 1.29 is 8.78 Å². The SMILES string of the molecule is CC(C)N(C(=N)c1ccc(F)cc1F)C(C)C. The molecular formula is C13H18F2N2. The minimum absolute atomic E-state index is 0.0898. The van der Waals surface area contributed by atoms with Crippen LogP contribution in [-0.4, -0.2) is 22.8 Å². The second-order valence-electron chi connectivity index (χ2n) is 4.57.